The Kier molecular flexibility index (Phi) is 12.8. The van der Waals surface area contributed by atoms with E-state index in [-0.39, 0.29) is 50.1 Å². The minimum Gasteiger partial charge on any atom is -0.461 e. The van der Waals surface area contributed by atoms with Crippen molar-refractivity contribution in [3.8, 4) is 0 Å². The number of ether oxygens (including phenoxy) is 1. The first-order chi connectivity index (χ1) is 19.2. The Morgan fingerprint density at radius 2 is 1.73 bits per heavy atom. The molecule has 1 aromatic carbocycles. The van der Waals surface area contributed by atoms with Crippen LogP contribution in [-0.4, -0.2) is 65.8 Å². The summed E-state index contributed by atoms with van der Waals surface area (Å²) < 4.78 is 46.3. The lowest BCUT2D eigenvalue weighted by Gasteiger charge is -2.29. The van der Waals surface area contributed by atoms with Gasteiger partial charge in [-0.05, 0) is 36.5 Å². The van der Waals surface area contributed by atoms with Gasteiger partial charge < -0.3 is 15.4 Å². The van der Waals surface area contributed by atoms with Crippen LogP contribution in [-0.2, 0) is 35.3 Å². The van der Waals surface area contributed by atoms with Crippen molar-refractivity contribution in [2.24, 2.45) is 11.8 Å². The summed E-state index contributed by atoms with van der Waals surface area (Å²) in [5.41, 5.74) is 1.14. The highest BCUT2D eigenvalue weighted by molar-refractivity contribution is 6.03. The summed E-state index contributed by atoms with van der Waals surface area (Å²) in [4.78, 5) is 61.0. The van der Waals surface area contributed by atoms with Crippen LogP contribution in [0.5, 0.6) is 0 Å². The molecule has 0 bridgehead atoms. The molecule has 1 aliphatic heterocycles. The maximum absolute atomic E-state index is 13.8. The van der Waals surface area contributed by atoms with Crippen LogP contribution < -0.4 is 16.0 Å². The number of alkyl halides is 3. The van der Waals surface area contributed by atoms with Gasteiger partial charge in [-0.1, -0.05) is 45.7 Å². The number of amides is 4. The van der Waals surface area contributed by atoms with Gasteiger partial charge in [0.1, 0.15) is 12.6 Å². The Balaban J connectivity index is 1.84. The van der Waals surface area contributed by atoms with Crippen LogP contribution in [0.2, 0.25) is 0 Å². The molecule has 0 aliphatic carbocycles. The lowest BCUT2D eigenvalue weighted by molar-refractivity contribution is -0.161. The van der Waals surface area contributed by atoms with Crippen molar-refractivity contribution < 1.29 is 41.9 Å². The molecule has 228 valence electrons. The predicted octanol–water partition coefficient (Wildman–Crippen LogP) is 3.30. The van der Waals surface area contributed by atoms with E-state index in [4.69, 9.17) is 4.74 Å². The third-order valence-electron chi connectivity index (χ3n) is 6.67. The van der Waals surface area contributed by atoms with Gasteiger partial charge in [0.05, 0.1) is 12.6 Å². The number of halogens is 3. The van der Waals surface area contributed by atoms with Crippen molar-refractivity contribution in [3.05, 3.63) is 29.8 Å². The third-order valence-corrected chi connectivity index (χ3v) is 6.67. The lowest BCUT2D eigenvalue weighted by atomic mass is 10.00. The van der Waals surface area contributed by atoms with Gasteiger partial charge in [-0.15, -0.1) is 0 Å². The fourth-order valence-electron chi connectivity index (χ4n) is 4.36. The molecule has 0 aromatic heterocycles. The molecule has 4 amide bonds. The van der Waals surface area contributed by atoms with Crippen molar-refractivity contribution in [2.45, 2.75) is 84.7 Å². The van der Waals surface area contributed by atoms with Gasteiger partial charge in [-0.2, -0.15) is 13.2 Å². The average molecular weight is 585 g/mol. The van der Waals surface area contributed by atoms with E-state index in [2.05, 4.69) is 16.0 Å². The topological polar surface area (TPSA) is 134 Å². The molecule has 1 aliphatic rings. The number of imide groups is 1. The number of nitrogens with one attached hydrogen (secondary N) is 3. The number of likely N-dealkylation sites (tertiary alicyclic amines) is 1. The van der Waals surface area contributed by atoms with Gasteiger partial charge in [-0.25, -0.2) is 0 Å². The fourth-order valence-corrected chi connectivity index (χ4v) is 4.36. The first-order valence-electron chi connectivity index (χ1n) is 13.7. The van der Waals surface area contributed by atoms with Crippen molar-refractivity contribution in [2.75, 3.05) is 18.4 Å². The van der Waals surface area contributed by atoms with Crippen molar-refractivity contribution in [1.29, 1.82) is 0 Å². The molecule has 10 nitrogen and oxygen atoms in total. The van der Waals surface area contributed by atoms with E-state index in [1.807, 2.05) is 0 Å². The standard InChI is InChI=1S/C28H39F3N4O6/c1-17(2)25(26(39)32-15-23(37)33-21-11-9-20(10-12-21)16-41-19(4)36)34-22(28(29,30)31)8-6-5-7-13-35-24(38)14-18(3)27(35)40/h9-12,17-18,22,25,34H,5-8,13-16H2,1-4H3,(H,32,39)(H,33,37). The summed E-state index contributed by atoms with van der Waals surface area (Å²) in [6, 6.07) is 3.34. The molecule has 1 saturated heterocycles. The molecule has 41 heavy (non-hydrogen) atoms. The van der Waals surface area contributed by atoms with Gasteiger partial charge in [0.2, 0.25) is 23.6 Å². The molecule has 0 spiro atoms. The Labute approximate surface area is 237 Å². The SMILES string of the molecule is CC(=O)OCc1ccc(NC(=O)CNC(=O)C(NC(CCCCCN2C(=O)CC(C)C2=O)C(F)(F)F)C(C)C)cc1. The Morgan fingerprint density at radius 3 is 2.27 bits per heavy atom. The van der Waals surface area contributed by atoms with Crippen LogP contribution in [0.3, 0.4) is 0 Å². The molecular weight excluding hydrogens is 545 g/mol. The monoisotopic (exact) mass is 584 g/mol. The minimum atomic E-state index is -4.61. The minimum absolute atomic E-state index is 0.0854. The third kappa shape index (κ3) is 11.1. The summed E-state index contributed by atoms with van der Waals surface area (Å²) in [6.45, 7) is 6.00. The van der Waals surface area contributed by atoms with Crippen LogP contribution >= 0.6 is 0 Å². The van der Waals surface area contributed by atoms with Gasteiger partial charge >= 0.3 is 12.1 Å². The Hall–Kier alpha value is -3.48. The number of rotatable bonds is 15. The van der Waals surface area contributed by atoms with Crippen molar-refractivity contribution in [3.63, 3.8) is 0 Å². The average Bonchev–Trinajstić information content (AvgIpc) is 3.13. The first-order valence-corrected chi connectivity index (χ1v) is 13.7. The molecule has 13 heteroatoms. The van der Waals surface area contributed by atoms with Crippen LogP contribution in [0, 0.1) is 11.8 Å². The molecule has 2 rings (SSSR count). The van der Waals surface area contributed by atoms with Crippen LogP contribution in [0.15, 0.2) is 24.3 Å². The van der Waals surface area contributed by atoms with E-state index < -0.39 is 48.5 Å². The fraction of sp³-hybridized carbons (Fsp3) is 0.607. The number of unbranched alkanes of at least 4 members (excludes halogenated alkanes) is 2. The van der Waals surface area contributed by atoms with Gasteiger partial charge in [0, 0.05) is 31.5 Å². The van der Waals surface area contributed by atoms with E-state index in [0.717, 1.165) is 0 Å². The van der Waals surface area contributed by atoms with E-state index in [9.17, 15) is 37.1 Å². The second kappa shape index (κ2) is 15.5. The highest BCUT2D eigenvalue weighted by Gasteiger charge is 2.42. The summed E-state index contributed by atoms with van der Waals surface area (Å²) in [5.74, 6) is -3.09. The quantitative estimate of drug-likeness (QED) is 0.164. The number of carbonyl (C=O) groups excluding carboxylic acids is 5. The molecular formula is C28H39F3N4O6. The molecule has 1 aromatic rings. The lowest BCUT2D eigenvalue weighted by Crippen LogP contribution is -2.56. The Morgan fingerprint density at radius 1 is 1.07 bits per heavy atom. The molecule has 1 fully saturated rings. The van der Waals surface area contributed by atoms with E-state index in [0.29, 0.717) is 24.1 Å². The second-order valence-corrected chi connectivity index (χ2v) is 10.6. The van der Waals surface area contributed by atoms with Crippen molar-refractivity contribution in [1.82, 2.24) is 15.5 Å². The number of anilines is 1. The summed E-state index contributed by atoms with van der Waals surface area (Å²) in [5, 5.41) is 7.40. The molecule has 0 saturated carbocycles. The van der Waals surface area contributed by atoms with Crippen molar-refractivity contribution >= 4 is 35.3 Å². The zero-order valence-electron chi connectivity index (χ0n) is 23.8. The first kappa shape index (κ1) is 33.7. The summed E-state index contributed by atoms with van der Waals surface area (Å²) in [6.07, 6.45) is -3.78. The Bertz CT molecular complexity index is 1080. The zero-order valence-corrected chi connectivity index (χ0v) is 23.8. The normalized spacial score (nSPS) is 17.0. The smallest absolute Gasteiger partial charge is 0.403 e. The van der Waals surface area contributed by atoms with E-state index in [1.165, 1.54) is 11.8 Å². The highest BCUT2D eigenvalue weighted by atomic mass is 19.4. The molecule has 3 unspecified atom stereocenters. The largest absolute Gasteiger partial charge is 0.461 e. The van der Waals surface area contributed by atoms with Crippen LogP contribution in [0.25, 0.3) is 0 Å². The number of esters is 1. The second-order valence-electron chi connectivity index (χ2n) is 10.6. The van der Waals surface area contributed by atoms with E-state index in [1.54, 1.807) is 45.0 Å². The number of nitrogens with zero attached hydrogens (tertiary/aromatic N) is 1. The maximum atomic E-state index is 13.8. The van der Waals surface area contributed by atoms with Crippen LogP contribution in [0.1, 0.15) is 65.4 Å². The molecule has 3 N–H and O–H groups in total. The summed E-state index contributed by atoms with van der Waals surface area (Å²) >= 11 is 0. The van der Waals surface area contributed by atoms with Crippen LogP contribution in [0.4, 0.5) is 18.9 Å². The van der Waals surface area contributed by atoms with Gasteiger partial charge in [0.25, 0.3) is 0 Å². The van der Waals surface area contributed by atoms with E-state index >= 15 is 0 Å². The number of hydrogen-bond acceptors (Lipinski definition) is 7. The number of hydrogen-bond donors (Lipinski definition) is 3. The number of benzene rings is 1. The maximum Gasteiger partial charge on any atom is 0.403 e. The molecule has 1 heterocycles. The summed E-state index contributed by atoms with van der Waals surface area (Å²) in [7, 11) is 0. The van der Waals surface area contributed by atoms with Gasteiger partial charge in [-0.3, -0.25) is 34.2 Å². The molecule has 3 atom stereocenters. The predicted molar refractivity (Wildman–Crippen MR) is 144 cm³/mol. The van der Waals surface area contributed by atoms with Gasteiger partial charge in [0.15, 0.2) is 0 Å². The zero-order chi connectivity index (χ0) is 30.7. The number of carbonyl (C=O) groups is 5. The molecule has 0 radical (unpaired) electrons. The highest BCUT2D eigenvalue weighted by Crippen LogP contribution is 2.26.